The Morgan fingerprint density at radius 1 is 1.12 bits per heavy atom. The summed E-state index contributed by atoms with van der Waals surface area (Å²) in [5.74, 6) is 0.755. The van der Waals surface area contributed by atoms with Gasteiger partial charge in [0, 0.05) is 37.5 Å². The number of carbonyl (C=O) groups excluding carboxylic acids is 1. The number of amides is 1. The summed E-state index contributed by atoms with van der Waals surface area (Å²) in [5, 5.41) is 11.1. The van der Waals surface area contributed by atoms with Crippen molar-refractivity contribution in [1.29, 1.82) is 0 Å². The summed E-state index contributed by atoms with van der Waals surface area (Å²) >= 11 is 0. The first-order valence-corrected chi connectivity index (χ1v) is 11.5. The number of likely N-dealkylation sites (tertiary alicyclic amines) is 1. The predicted molar refractivity (Wildman–Crippen MR) is 126 cm³/mol. The molecule has 2 aliphatic rings. The third-order valence-electron chi connectivity index (χ3n) is 6.62. The summed E-state index contributed by atoms with van der Waals surface area (Å²) < 4.78 is 0. The van der Waals surface area contributed by atoms with Crippen LogP contribution in [-0.4, -0.2) is 60.4 Å². The summed E-state index contributed by atoms with van der Waals surface area (Å²) in [5.41, 5.74) is 3.17. The maximum Gasteiger partial charge on any atom is 0.269 e. The van der Waals surface area contributed by atoms with Crippen molar-refractivity contribution < 1.29 is 9.72 Å². The van der Waals surface area contributed by atoms with Crippen LogP contribution in [0.1, 0.15) is 30.4 Å². The first kappa shape index (κ1) is 22.4. The molecule has 1 fully saturated rings. The van der Waals surface area contributed by atoms with Crippen LogP contribution in [0.25, 0.3) is 0 Å². The zero-order valence-electron chi connectivity index (χ0n) is 18.8. The highest BCUT2D eigenvalue weighted by molar-refractivity contribution is 5.96. The number of rotatable bonds is 7. The molecular weight excluding hydrogens is 404 g/mol. The van der Waals surface area contributed by atoms with E-state index in [1.807, 2.05) is 11.0 Å². The number of anilines is 1. The monoisotopic (exact) mass is 436 g/mol. The maximum atomic E-state index is 13.1. The van der Waals surface area contributed by atoms with Gasteiger partial charge in [0.25, 0.3) is 5.69 Å². The molecule has 2 aromatic carbocycles. The lowest BCUT2D eigenvalue weighted by molar-refractivity contribution is -0.384. The average Bonchev–Trinajstić information content (AvgIpc) is 2.80. The zero-order chi connectivity index (χ0) is 22.5. The fraction of sp³-hybridized carbons (Fsp3) is 0.480. The number of hydrogen-bond donors (Lipinski definition) is 0. The van der Waals surface area contributed by atoms with E-state index in [0.29, 0.717) is 19.0 Å². The van der Waals surface area contributed by atoms with Crippen molar-refractivity contribution in [3.05, 3.63) is 69.8 Å². The molecule has 170 valence electrons. The minimum atomic E-state index is -0.373. The zero-order valence-corrected chi connectivity index (χ0v) is 18.8. The van der Waals surface area contributed by atoms with Crippen molar-refractivity contribution >= 4 is 17.3 Å². The molecule has 0 N–H and O–H groups in total. The molecule has 2 heterocycles. The number of fused-ring (bicyclic) bond motifs is 1. The van der Waals surface area contributed by atoms with Crippen LogP contribution < -0.4 is 4.90 Å². The van der Waals surface area contributed by atoms with Crippen LogP contribution in [0.3, 0.4) is 0 Å². The fourth-order valence-electron chi connectivity index (χ4n) is 4.96. The number of carbonyl (C=O) groups is 1. The lowest BCUT2D eigenvalue weighted by Gasteiger charge is -2.36. The van der Waals surface area contributed by atoms with Gasteiger partial charge < -0.3 is 9.80 Å². The molecule has 2 aliphatic heterocycles. The summed E-state index contributed by atoms with van der Waals surface area (Å²) in [6.45, 7) is 5.03. The molecule has 1 saturated heterocycles. The molecule has 7 nitrogen and oxygen atoms in total. The number of aryl methyl sites for hydroxylation is 1. The molecule has 0 atom stereocenters. The van der Waals surface area contributed by atoms with E-state index in [4.69, 9.17) is 0 Å². The minimum Gasteiger partial charge on any atom is -0.311 e. The Kier molecular flexibility index (Phi) is 7.17. The van der Waals surface area contributed by atoms with Crippen LogP contribution in [0.5, 0.6) is 0 Å². The number of piperidine rings is 1. The second-order valence-electron chi connectivity index (χ2n) is 9.12. The van der Waals surface area contributed by atoms with E-state index in [2.05, 4.69) is 41.1 Å². The van der Waals surface area contributed by atoms with Crippen molar-refractivity contribution in [3.8, 4) is 0 Å². The van der Waals surface area contributed by atoms with E-state index < -0.39 is 0 Å². The molecule has 0 unspecified atom stereocenters. The summed E-state index contributed by atoms with van der Waals surface area (Å²) in [4.78, 5) is 30.2. The van der Waals surface area contributed by atoms with Crippen LogP contribution in [0.4, 0.5) is 11.4 Å². The third-order valence-corrected chi connectivity index (χ3v) is 6.62. The van der Waals surface area contributed by atoms with Gasteiger partial charge in [-0.3, -0.25) is 19.8 Å². The van der Waals surface area contributed by atoms with Gasteiger partial charge in [-0.1, -0.05) is 30.3 Å². The summed E-state index contributed by atoms with van der Waals surface area (Å²) in [6, 6.07) is 15.4. The molecule has 1 amide bonds. The average molecular weight is 437 g/mol. The smallest absolute Gasteiger partial charge is 0.269 e. The van der Waals surface area contributed by atoms with Gasteiger partial charge in [0.15, 0.2) is 0 Å². The minimum absolute atomic E-state index is 0.0948. The Hall–Kier alpha value is -2.77. The van der Waals surface area contributed by atoms with Gasteiger partial charge in [-0.05, 0) is 68.9 Å². The van der Waals surface area contributed by atoms with Crippen LogP contribution >= 0.6 is 0 Å². The van der Waals surface area contributed by atoms with Crippen LogP contribution in [0, 0.1) is 16.0 Å². The largest absolute Gasteiger partial charge is 0.311 e. The molecule has 32 heavy (non-hydrogen) atoms. The van der Waals surface area contributed by atoms with Crippen molar-refractivity contribution in [2.45, 2.75) is 32.2 Å². The van der Waals surface area contributed by atoms with Crippen LogP contribution in [-0.2, 0) is 17.8 Å². The Morgan fingerprint density at radius 2 is 1.88 bits per heavy atom. The Labute approximate surface area is 189 Å². The quantitative estimate of drug-likeness (QED) is 0.489. The van der Waals surface area contributed by atoms with E-state index in [-0.39, 0.29) is 16.5 Å². The second-order valence-corrected chi connectivity index (χ2v) is 9.12. The molecular formula is C25H32N4O3. The molecule has 0 aliphatic carbocycles. The molecule has 0 spiro atoms. The summed E-state index contributed by atoms with van der Waals surface area (Å²) in [7, 11) is 2.18. The number of nitrogens with zero attached hydrogens (tertiary/aromatic N) is 4. The highest BCUT2D eigenvalue weighted by atomic mass is 16.6. The van der Waals surface area contributed by atoms with E-state index in [1.54, 1.807) is 12.1 Å². The van der Waals surface area contributed by atoms with Gasteiger partial charge in [-0.25, -0.2) is 0 Å². The normalized spacial score (nSPS) is 17.4. The molecule has 7 heteroatoms. The van der Waals surface area contributed by atoms with Crippen LogP contribution in [0.15, 0.2) is 48.5 Å². The fourth-order valence-corrected chi connectivity index (χ4v) is 4.96. The van der Waals surface area contributed by atoms with Crippen molar-refractivity contribution in [2.75, 3.05) is 44.7 Å². The SMILES string of the molecule is CN(Cc1ccccc1)CC1CCN(CC(=O)N2CCCc3cc([N+](=O)[O-])ccc32)CC1. The van der Waals surface area contributed by atoms with Crippen molar-refractivity contribution in [1.82, 2.24) is 9.80 Å². The van der Waals surface area contributed by atoms with Gasteiger partial charge in [0.1, 0.15) is 0 Å². The molecule has 0 aromatic heterocycles. The van der Waals surface area contributed by atoms with Gasteiger partial charge >= 0.3 is 0 Å². The number of non-ortho nitro benzene ring substituents is 1. The van der Waals surface area contributed by atoms with E-state index in [1.165, 1.54) is 11.6 Å². The predicted octanol–water partition coefficient (Wildman–Crippen LogP) is 3.72. The van der Waals surface area contributed by atoms with E-state index >= 15 is 0 Å². The Balaban J connectivity index is 1.27. The lowest BCUT2D eigenvalue weighted by Crippen LogP contribution is -2.46. The molecule has 4 rings (SSSR count). The highest BCUT2D eigenvalue weighted by Gasteiger charge is 2.27. The van der Waals surface area contributed by atoms with Gasteiger partial charge in [0.2, 0.25) is 5.91 Å². The topological polar surface area (TPSA) is 69.9 Å². The lowest BCUT2D eigenvalue weighted by atomic mass is 9.96. The van der Waals surface area contributed by atoms with E-state index in [9.17, 15) is 14.9 Å². The van der Waals surface area contributed by atoms with Crippen LogP contribution in [0.2, 0.25) is 0 Å². The van der Waals surface area contributed by atoms with Gasteiger partial charge in [-0.15, -0.1) is 0 Å². The number of nitro groups is 1. The van der Waals surface area contributed by atoms with Crippen molar-refractivity contribution in [2.24, 2.45) is 5.92 Å². The maximum absolute atomic E-state index is 13.1. The molecule has 0 bridgehead atoms. The molecule has 2 aromatic rings. The highest BCUT2D eigenvalue weighted by Crippen LogP contribution is 2.31. The third kappa shape index (κ3) is 5.53. The standard InChI is InChI=1S/C25H32N4O3/c1-26(17-20-6-3-2-4-7-20)18-21-11-14-27(15-12-21)19-25(30)28-13-5-8-22-16-23(29(31)32)9-10-24(22)28/h2-4,6-7,9-10,16,21H,5,8,11-15,17-19H2,1H3. The van der Waals surface area contributed by atoms with E-state index in [0.717, 1.165) is 63.1 Å². The Bertz CT molecular complexity index is 941. The first-order valence-electron chi connectivity index (χ1n) is 11.5. The summed E-state index contributed by atoms with van der Waals surface area (Å²) in [6.07, 6.45) is 3.84. The number of benzene rings is 2. The second kappa shape index (κ2) is 10.2. The Morgan fingerprint density at radius 3 is 2.59 bits per heavy atom. The molecule has 0 saturated carbocycles. The number of hydrogen-bond acceptors (Lipinski definition) is 5. The van der Waals surface area contributed by atoms with Gasteiger partial charge in [0.05, 0.1) is 11.5 Å². The van der Waals surface area contributed by atoms with Gasteiger partial charge in [-0.2, -0.15) is 0 Å². The molecule has 0 radical (unpaired) electrons. The first-order chi connectivity index (χ1) is 15.5. The number of nitro benzene ring substituents is 1. The van der Waals surface area contributed by atoms with Crippen molar-refractivity contribution in [3.63, 3.8) is 0 Å².